The van der Waals surface area contributed by atoms with Crippen LogP contribution in [0.4, 0.5) is 0 Å². The number of nitrogens with zero attached hydrogens (tertiary/aromatic N) is 1. The van der Waals surface area contributed by atoms with E-state index in [0.717, 1.165) is 12.8 Å². The molecule has 0 bridgehead atoms. The Bertz CT molecular complexity index is 786. The summed E-state index contributed by atoms with van der Waals surface area (Å²) < 4.78 is 1.27. The van der Waals surface area contributed by atoms with E-state index in [9.17, 15) is 9.59 Å². The van der Waals surface area contributed by atoms with Crippen molar-refractivity contribution < 1.29 is 0 Å². The Hall–Kier alpha value is -1.52. The molecule has 104 valence electrons. The summed E-state index contributed by atoms with van der Waals surface area (Å²) in [5.74, 6) is 0. The molecule has 1 aromatic heterocycles. The van der Waals surface area contributed by atoms with Gasteiger partial charge in [-0.25, -0.2) is 4.79 Å². The van der Waals surface area contributed by atoms with Gasteiger partial charge in [0.05, 0.1) is 11.1 Å². The molecule has 1 heterocycles. The molecule has 0 atom stereocenters. The first-order valence-corrected chi connectivity index (χ1v) is 6.99. The van der Waals surface area contributed by atoms with Crippen LogP contribution in [0.5, 0.6) is 0 Å². The molecule has 0 radical (unpaired) electrons. The summed E-state index contributed by atoms with van der Waals surface area (Å²) in [6, 6.07) is 6.79. The van der Waals surface area contributed by atoms with E-state index >= 15 is 0 Å². The zero-order chi connectivity index (χ0) is 14.5. The maximum Gasteiger partial charge on any atom is 0.330 e. The summed E-state index contributed by atoms with van der Waals surface area (Å²) in [4.78, 5) is 27.1. The Kier molecular flexibility index (Phi) is 3.03. The van der Waals surface area contributed by atoms with E-state index in [1.54, 1.807) is 24.3 Å². The van der Waals surface area contributed by atoms with Gasteiger partial charge in [-0.1, -0.05) is 35.3 Å². The molecule has 1 aliphatic carbocycles. The summed E-state index contributed by atoms with van der Waals surface area (Å²) in [5, 5.41) is 0.631. The van der Waals surface area contributed by atoms with Crippen molar-refractivity contribution in [3.63, 3.8) is 0 Å². The van der Waals surface area contributed by atoms with Gasteiger partial charge in [-0.3, -0.25) is 14.3 Å². The van der Waals surface area contributed by atoms with Gasteiger partial charge >= 0.3 is 5.69 Å². The average Bonchev–Trinajstić information content (AvgIpc) is 3.09. The van der Waals surface area contributed by atoms with Crippen molar-refractivity contribution in [3.8, 4) is 11.1 Å². The highest BCUT2D eigenvalue weighted by atomic mass is 35.5. The van der Waals surface area contributed by atoms with E-state index in [-0.39, 0.29) is 10.7 Å². The van der Waals surface area contributed by atoms with Gasteiger partial charge in [0, 0.05) is 5.02 Å². The highest BCUT2D eigenvalue weighted by Gasteiger charge is 2.42. The number of aromatic nitrogens is 2. The van der Waals surface area contributed by atoms with Crippen LogP contribution in [0.2, 0.25) is 10.2 Å². The van der Waals surface area contributed by atoms with Gasteiger partial charge in [-0.05, 0) is 37.5 Å². The molecule has 1 aromatic carbocycles. The molecule has 0 spiro atoms. The van der Waals surface area contributed by atoms with E-state index in [1.165, 1.54) is 4.57 Å². The van der Waals surface area contributed by atoms with Crippen LogP contribution in [0.1, 0.15) is 19.8 Å². The number of hydrogen-bond acceptors (Lipinski definition) is 2. The fourth-order valence-corrected chi connectivity index (χ4v) is 2.67. The summed E-state index contributed by atoms with van der Waals surface area (Å²) in [5.41, 5.74) is -0.273. The SMILES string of the molecule is CC1(n2c(=O)[nH]c(Cl)c(-c3ccc(Cl)cc3)c2=O)CC1. The maximum atomic E-state index is 12.6. The minimum Gasteiger partial charge on any atom is -0.297 e. The zero-order valence-corrected chi connectivity index (χ0v) is 12.3. The number of rotatable bonds is 2. The van der Waals surface area contributed by atoms with Crippen LogP contribution in [0.25, 0.3) is 11.1 Å². The Morgan fingerprint density at radius 2 is 1.75 bits per heavy atom. The Balaban J connectivity index is 2.29. The molecular weight excluding hydrogens is 299 g/mol. The lowest BCUT2D eigenvalue weighted by Gasteiger charge is -2.14. The largest absolute Gasteiger partial charge is 0.330 e. The van der Waals surface area contributed by atoms with E-state index in [1.807, 2.05) is 6.92 Å². The number of aromatic amines is 1. The van der Waals surface area contributed by atoms with Crippen LogP contribution < -0.4 is 11.2 Å². The molecule has 3 rings (SSSR count). The Morgan fingerprint density at radius 3 is 2.30 bits per heavy atom. The van der Waals surface area contributed by atoms with Crippen molar-refractivity contribution in [1.29, 1.82) is 0 Å². The number of nitrogens with one attached hydrogen (secondary N) is 1. The third-order valence-corrected chi connectivity index (χ3v) is 4.24. The summed E-state index contributed by atoms with van der Waals surface area (Å²) in [7, 11) is 0. The lowest BCUT2D eigenvalue weighted by Crippen LogP contribution is -2.41. The molecule has 1 saturated carbocycles. The average molecular weight is 311 g/mol. The maximum absolute atomic E-state index is 12.6. The first-order valence-electron chi connectivity index (χ1n) is 6.24. The van der Waals surface area contributed by atoms with Gasteiger partial charge in [-0.15, -0.1) is 0 Å². The third-order valence-electron chi connectivity index (χ3n) is 3.70. The molecule has 2 aromatic rings. The molecule has 0 unspecified atom stereocenters. The normalized spacial score (nSPS) is 16.1. The van der Waals surface area contributed by atoms with Crippen LogP contribution in [0.15, 0.2) is 33.9 Å². The van der Waals surface area contributed by atoms with Crippen molar-refractivity contribution in [1.82, 2.24) is 9.55 Å². The van der Waals surface area contributed by atoms with Gasteiger partial charge < -0.3 is 0 Å². The van der Waals surface area contributed by atoms with E-state index in [4.69, 9.17) is 23.2 Å². The second-order valence-corrected chi connectivity index (χ2v) is 6.08. The fraction of sp³-hybridized carbons (Fsp3) is 0.286. The minimum absolute atomic E-state index is 0.0582. The first kappa shape index (κ1) is 13.5. The van der Waals surface area contributed by atoms with Gasteiger partial charge in [0.15, 0.2) is 0 Å². The van der Waals surface area contributed by atoms with Gasteiger partial charge in [0.25, 0.3) is 5.56 Å². The zero-order valence-electron chi connectivity index (χ0n) is 10.7. The van der Waals surface area contributed by atoms with Crippen LogP contribution in [0, 0.1) is 0 Å². The summed E-state index contributed by atoms with van der Waals surface area (Å²) in [6.07, 6.45) is 1.63. The third kappa shape index (κ3) is 2.09. The van der Waals surface area contributed by atoms with Gasteiger partial charge in [0.2, 0.25) is 0 Å². The quantitative estimate of drug-likeness (QED) is 0.867. The van der Waals surface area contributed by atoms with Crippen LogP contribution in [-0.4, -0.2) is 9.55 Å². The highest BCUT2D eigenvalue weighted by Crippen LogP contribution is 2.41. The van der Waals surface area contributed by atoms with Crippen molar-refractivity contribution in [2.45, 2.75) is 25.3 Å². The van der Waals surface area contributed by atoms with Crippen LogP contribution in [0.3, 0.4) is 0 Å². The molecule has 0 saturated heterocycles. The minimum atomic E-state index is -0.460. The second kappa shape index (κ2) is 4.50. The molecule has 20 heavy (non-hydrogen) atoms. The standard InChI is InChI=1S/C14H12Cl2N2O2/c1-14(6-7-14)18-12(19)10(11(16)17-13(18)20)8-2-4-9(15)5-3-8/h2-5H,6-7H2,1H3,(H,17,20). The van der Waals surface area contributed by atoms with Gasteiger partial charge in [0.1, 0.15) is 5.15 Å². The number of hydrogen-bond donors (Lipinski definition) is 1. The van der Waals surface area contributed by atoms with E-state index in [2.05, 4.69) is 4.98 Å². The van der Waals surface area contributed by atoms with Crippen LogP contribution >= 0.6 is 23.2 Å². The number of benzene rings is 1. The molecule has 1 fully saturated rings. The smallest absolute Gasteiger partial charge is 0.297 e. The fourth-order valence-electron chi connectivity index (χ4n) is 2.27. The molecule has 1 N–H and O–H groups in total. The summed E-state index contributed by atoms with van der Waals surface area (Å²) >= 11 is 11.9. The molecule has 6 heteroatoms. The predicted octanol–water partition coefficient (Wildman–Crippen LogP) is 3.02. The van der Waals surface area contributed by atoms with Crippen molar-refractivity contribution >= 4 is 23.2 Å². The number of halogens is 2. The first-order chi connectivity index (χ1) is 9.42. The topological polar surface area (TPSA) is 54.9 Å². The Morgan fingerprint density at radius 1 is 1.15 bits per heavy atom. The molecule has 0 aliphatic heterocycles. The molecular formula is C14H12Cl2N2O2. The lowest BCUT2D eigenvalue weighted by atomic mass is 10.1. The summed E-state index contributed by atoms with van der Waals surface area (Å²) in [6.45, 7) is 1.89. The van der Waals surface area contributed by atoms with Gasteiger partial charge in [-0.2, -0.15) is 0 Å². The Labute approximate surface area is 125 Å². The molecule has 4 nitrogen and oxygen atoms in total. The molecule has 1 aliphatic rings. The predicted molar refractivity (Wildman–Crippen MR) is 79.7 cm³/mol. The van der Waals surface area contributed by atoms with E-state index < -0.39 is 11.2 Å². The lowest BCUT2D eigenvalue weighted by molar-refractivity contribution is 0.487. The second-order valence-electron chi connectivity index (χ2n) is 5.26. The monoisotopic (exact) mass is 310 g/mol. The van der Waals surface area contributed by atoms with E-state index in [0.29, 0.717) is 16.1 Å². The number of H-pyrrole nitrogens is 1. The van der Waals surface area contributed by atoms with Crippen molar-refractivity contribution in [2.24, 2.45) is 0 Å². The highest BCUT2D eigenvalue weighted by molar-refractivity contribution is 6.32. The van der Waals surface area contributed by atoms with Crippen molar-refractivity contribution in [3.05, 3.63) is 55.3 Å². The molecule has 0 amide bonds. The van der Waals surface area contributed by atoms with Crippen molar-refractivity contribution in [2.75, 3.05) is 0 Å². The van der Waals surface area contributed by atoms with Crippen LogP contribution in [-0.2, 0) is 5.54 Å².